The lowest BCUT2D eigenvalue weighted by Crippen LogP contribution is -2.46. The summed E-state index contributed by atoms with van der Waals surface area (Å²) in [5.41, 5.74) is 5.39. The van der Waals surface area contributed by atoms with Crippen molar-refractivity contribution in [3.05, 3.63) is 11.4 Å². The highest BCUT2D eigenvalue weighted by Gasteiger charge is 2.44. The molecule has 0 bridgehead atoms. The van der Waals surface area contributed by atoms with Gasteiger partial charge in [-0.3, -0.25) is 0 Å². The average molecular weight is 110 g/mol. The molecule has 0 heterocycles. The molecule has 0 aromatic rings. The largest absolute Gasteiger partial charge is 0.327 e. The molecule has 0 spiro atoms. The summed E-state index contributed by atoms with van der Waals surface area (Å²) in [6.45, 7) is 8.68. The number of nitrogens with zero attached hydrogens (tertiary/aromatic N) is 1. The normalized spacial score (nSPS) is 44.9. The second-order valence-electron chi connectivity index (χ2n) is 2.78. The van der Waals surface area contributed by atoms with Gasteiger partial charge in [0.2, 0.25) is 5.54 Å². The van der Waals surface area contributed by atoms with Crippen LogP contribution in [0.5, 0.6) is 0 Å². The Hall–Kier alpha value is -0.550. The van der Waals surface area contributed by atoms with E-state index in [-0.39, 0.29) is 5.54 Å². The van der Waals surface area contributed by atoms with Gasteiger partial charge in [0.25, 0.3) is 0 Å². The van der Waals surface area contributed by atoms with Crippen molar-refractivity contribution in [3.63, 3.8) is 0 Å². The Balaban J connectivity index is 2.44. The Bertz CT molecular complexity index is 128. The van der Waals surface area contributed by atoms with E-state index in [4.69, 9.17) is 12.3 Å². The minimum Gasteiger partial charge on any atom is -0.327 e. The maximum atomic E-state index is 6.72. The van der Waals surface area contributed by atoms with Gasteiger partial charge in [-0.05, 0) is 0 Å². The zero-order valence-corrected chi connectivity index (χ0v) is 5.02. The smallest absolute Gasteiger partial charge is 0.232 e. The van der Waals surface area contributed by atoms with Crippen LogP contribution < -0.4 is 5.73 Å². The van der Waals surface area contributed by atoms with Crippen LogP contribution >= 0.6 is 0 Å². The summed E-state index contributed by atoms with van der Waals surface area (Å²) in [7, 11) is 0. The van der Waals surface area contributed by atoms with Crippen LogP contribution in [-0.2, 0) is 0 Å². The molecule has 0 radical (unpaired) electrons. The Morgan fingerprint density at radius 2 is 2.25 bits per heavy atom. The molecule has 1 aliphatic rings. The summed E-state index contributed by atoms with van der Waals surface area (Å²) < 4.78 is 0. The molecule has 0 amide bonds. The third kappa shape index (κ3) is 0.696. The van der Waals surface area contributed by atoms with Gasteiger partial charge in [0.05, 0.1) is 0 Å². The molecule has 0 saturated heterocycles. The van der Waals surface area contributed by atoms with Crippen molar-refractivity contribution in [1.29, 1.82) is 0 Å². The van der Waals surface area contributed by atoms with E-state index < -0.39 is 0 Å². The van der Waals surface area contributed by atoms with Crippen LogP contribution in [0.2, 0.25) is 0 Å². The Morgan fingerprint density at radius 3 is 2.38 bits per heavy atom. The van der Waals surface area contributed by atoms with Crippen LogP contribution in [0.25, 0.3) is 4.85 Å². The summed E-state index contributed by atoms with van der Waals surface area (Å²) in [4.78, 5) is 3.45. The summed E-state index contributed by atoms with van der Waals surface area (Å²) in [5.74, 6) is 0. The van der Waals surface area contributed by atoms with E-state index in [9.17, 15) is 0 Å². The monoisotopic (exact) mass is 110 g/mol. The molecule has 0 unspecified atom stereocenters. The summed E-state index contributed by atoms with van der Waals surface area (Å²) in [6.07, 6.45) is 1.77. The number of hydrogen-bond acceptors (Lipinski definition) is 1. The maximum absolute atomic E-state index is 6.72. The van der Waals surface area contributed by atoms with E-state index in [0.717, 1.165) is 12.8 Å². The number of hydrogen-bond donors (Lipinski definition) is 1. The minimum atomic E-state index is -0.0978. The molecule has 0 aromatic heterocycles. The molecule has 1 rings (SSSR count). The van der Waals surface area contributed by atoms with Crippen molar-refractivity contribution in [3.8, 4) is 0 Å². The van der Waals surface area contributed by atoms with Gasteiger partial charge in [-0.1, -0.05) is 0 Å². The lowest BCUT2D eigenvalue weighted by molar-refractivity contribution is 0.279. The molecule has 0 aliphatic heterocycles. The fourth-order valence-electron chi connectivity index (χ4n) is 1.16. The lowest BCUT2D eigenvalue weighted by Gasteiger charge is -2.32. The third-order valence-electron chi connectivity index (χ3n) is 1.67. The minimum absolute atomic E-state index is 0.0978. The molecule has 2 nitrogen and oxygen atoms in total. The molecule has 44 valence electrons. The van der Waals surface area contributed by atoms with Gasteiger partial charge in [-0.15, -0.1) is 0 Å². The molecule has 2 heteroatoms. The fraction of sp³-hybridized carbons (Fsp3) is 0.833. The van der Waals surface area contributed by atoms with Crippen molar-refractivity contribution >= 4 is 0 Å². The number of nitrogens with two attached hydrogens (primary N) is 1. The van der Waals surface area contributed by atoms with Crippen molar-refractivity contribution < 1.29 is 0 Å². The quantitative estimate of drug-likeness (QED) is 0.459. The first kappa shape index (κ1) is 5.58. The molecule has 8 heavy (non-hydrogen) atoms. The SMILES string of the molecule is [C-]#[N+]C1(C)CC(N)C1. The average Bonchev–Trinajstić information content (AvgIpc) is 1.63. The van der Waals surface area contributed by atoms with Gasteiger partial charge in [-0.2, -0.15) is 0 Å². The standard InChI is InChI=1S/C6H10N2/c1-6(8-2)3-5(7)4-6/h5H,3-4,7H2,1H3. The van der Waals surface area contributed by atoms with Gasteiger partial charge in [0, 0.05) is 25.8 Å². The van der Waals surface area contributed by atoms with Crippen LogP contribution in [0.15, 0.2) is 0 Å². The van der Waals surface area contributed by atoms with Crippen molar-refractivity contribution in [1.82, 2.24) is 0 Å². The zero-order valence-electron chi connectivity index (χ0n) is 5.02. The van der Waals surface area contributed by atoms with Crippen LogP contribution in [0, 0.1) is 6.57 Å². The first-order chi connectivity index (χ1) is 3.66. The molecular weight excluding hydrogens is 100 g/mol. The Kier molecular flexibility index (Phi) is 1.02. The molecule has 0 atom stereocenters. The van der Waals surface area contributed by atoms with E-state index >= 15 is 0 Å². The van der Waals surface area contributed by atoms with E-state index in [0.29, 0.717) is 6.04 Å². The summed E-state index contributed by atoms with van der Waals surface area (Å²) in [6, 6.07) is 0.300. The van der Waals surface area contributed by atoms with Crippen LogP contribution in [0.1, 0.15) is 19.8 Å². The first-order valence-corrected chi connectivity index (χ1v) is 2.80. The lowest BCUT2D eigenvalue weighted by atomic mass is 9.75. The Morgan fingerprint density at radius 1 is 1.75 bits per heavy atom. The van der Waals surface area contributed by atoms with Gasteiger partial charge >= 0.3 is 0 Å². The predicted octanol–water partition coefficient (Wildman–Crippen LogP) is 0.785. The van der Waals surface area contributed by atoms with E-state index in [2.05, 4.69) is 4.85 Å². The molecule has 0 aromatic carbocycles. The van der Waals surface area contributed by atoms with Gasteiger partial charge in [0.15, 0.2) is 0 Å². The highest BCUT2D eigenvalue weighted by Crippen LogP contribution is 2.33. The topological polar surface area (TPSA) is 30.4 Å². The van der Waals surface area contributed by atoms with Crippen molar-refractivity contribution in [2.24, 2.45) is 5.73 Å². The van der Waals surface area contributed by atoms with Gasteiger partial charge in [-0.25, -0.2) is 6.57 Å². The van der Waals surface area contributed by atoms with E-state index in [1.54, 1.807) is 0 Å². The third-order valence-corrected chi connectivity index (χ3v) is 1.67. The zero-order chi connectivity index (χ0) is 6.20. The highest BCUT2D eigenvalue weighted by atomic mass is 14.9. The van der Waals surface area contributed by atoms with Crippen LogP contribution in [0.3, 0.4) is 0 Å². The van der Waals surface area contributed by atoms with Crippen molar-refractivity contribution in [2.75, 3.05) is 0 Å². The predicted molar refractivity (Wildman–Crippen MR) is 32.2 cm³/mol. The summed E-state index contributed by atoms with van der Waals surface area (Å²) >= 11 is 0. The van der Waals surface area contributed by atoms with Gasteiger partial charge in [0.1, 0.15) is 0 Å². The first-order valence-electron chi connectivity index (χ1n) is 2.80. The molecular formula is C6H10N2. The van der Waals surface area contributed by atoms with Gasteiger partial charge < -0.3 is 10.6 Å². The number of rotatable bonds is 0. The summed E-state index contributed by atoms with van der Waals surface area (Å²) in [5, 5.41) is 0. The van der Waals surface area contributed by atoms with Crippen molar-refractivity contribution in [2.45, 2.75) is 31.3 Å². The Labute approximate surface area is 49.5 Å². The molecule has 1 saturated carbocycles. The second-order valence-corrected chi connectivity index (χ2v) is 2.78. The van der Waals surface area contributed by atoms with E-state index in [1.165, 1.54) is 0 Å². The maximum Gasteiger partial charge on any atom is 0.232 e. The van der Waals surface area contributed by atoms with Crippen LogP contribution in [0.4, 0.5) is 0 Å². The molecule has 1 aliphatic carbocycles. The second kappa shape index (κ2) is 1.46. The van der Waals surface area contributed by atoms with E-state index in [1.807, 2.05) is 6.92 Å². The molecule has 2 N–H and O–H groups in total. The van der Waals surface area contributed by atoms with Crippen LogP contribution in [-0.4, -0.2) is 11.6 Å². The highest BCUT2D eigenvalue weighted by molar-refractivity contribution is 5.07. The fourth-order valence-corrected chi connectivity index (χ4v) is 1.16. The molecule has 1 fully saturated rings.